The lowest BCUT2D eigenvalue weighted by Gasteiger charge is -2.19. The Labute approximate surface area is 173 Å². The lowest BCUT2D eigenvalue weighted by molar-refractivity contribution is 0.306. The molecule has 3 rings (SSSR count). The molecule has 1 aromatic heterocycles. The number of ether oxygens (including phenoxy) is 6. The molecule has 8 heteroatoms. The molecule has 154 valence electrons. The maximum Gasteiger partial charge on any atom is 0.207 e. The molecule has 7 nitrogen and oxygen atoms in total. The highest BCUT2D eigenvalue weighted by molar-refractivity contribution is 7.10. The lowest BCUT2D eigenvalue weighted by Crippen LogP contribution is -2.00. The summed E-state index contributed by atoms with van der Waals surface area (Å²) >= 11 is 1.37. The van der Waals surface area contributed by atoms with Crippen molar-refractivity contribution in [2.24, 2.45) is 0 Å². The van der Waals surface area contributed by atoms with Crippen LogP contribution in [0.1, 0.15) is 0 Å². The van der Waals surface area contributed by atoms with Crippen LogP contribution in [0.3, 0.4) is 0 Å². The van der Waals surface area contributed by atoms with Crippen molar-refractivity contribution in [3.05, 3.63) is 30.5 Å². The fourth-order valence-electron chi connectivity index (χ4n) is 3.15. The first-order valence-corrected chi connectivity index (χ1v) is 9.45. The number of nitrogens with zero attached hydrogens (tertiary/aromatic N) is 1. The van der Waals surface area contributed by atoms with E-state index in [-0.39, 0.29) is 0 Å². The van der Waals surface area contributed by atoms with Gasteiger partial charge in [-0.25, -0.2) is 0 Å². The molecule has 2 aromatic carbocycles. The van der Waals surface area contributed by atoms with Crippen molar-refractivity contribution >= 4 is 11.5 Å². The molecule has 0 saturated carbocycles. The van der Waals surface area contributed by atoms with E-state index in [0.29, 0.717) is 34.5 Å². The summed E-state index contributed by atoms with van der Waals surface area (Å²) in [5.41, 5.74) is 2.59. The number of rotatable bonds is 8. The van der Waals surface area contributed by atoms with Crippen LogP contribution in [0, 0.1) is 0 Å². The van der Waals surface area contributed by atoms with Crippen LogP contribution in [0.15, 0.2) is 30.5 Å². The van der Waals surface area contributed by atoms with Gasteiger partial charge in [0.1, 0.15) is 0 Å². The molecule has 0 fully saturated rings. The van der Waals surface area contributed by atoms with E-state index in [1.165, 1.54) is 11.5 Å². The number of benzene rings is 2. The Morgan fingerprint density at radius 2 is 1.28 bits per heavy atom. The number of methoxy groups -OCH3 is 6. The third-order valence-electron chi connectivity index (χ3n) is 4.49. The normalized spacial score (nSPS) is 10.4. The Balaban J connectivity index is 2.23. The molecule has 0 atom stereocenters. The van der Waals surface area contributed by atoms with Crippen molar-refractivity contribution < 1.29 is 28.4 Å². The molecule has 0 aliphatic heterocycles. The summed E-state index contributed by atoms with van der Waals surface area (Å²) in [7, 11) is 9.50. The average Bonchev–Trinajstić information content (AvgIpc) is 3.26. The summed E-state index contributed by atoms with van der Waals surface area (Å²) < 4.78 is 37.4. The van der Waals surface area contributed by atoms with Crippen molar-refractivity contribution in [2.75, 3.05) is 42.7 Å². The second-order valence-corrected chi connectivity index (χ2v) is 6.67. The van der Waals surface area contributed by atoms with Gasteiger partial charge in [0.05, 0.1) is 47.5 Å². The van der Waals surface area contributed by atoms with E-state index in [4.69, 9.17) is 28.4 Å². The number of aromatic nitrogens is 1. The molecule has 0 bridgehead atoms. The largest absolute Gasteiger partial charge is 0.493 e. The molecule has 0 aliphatic carbocycles. The third kappa shape index (κ3) is 3.63. The number of hydrogen-bond donors (Lipinski definition) is 0. The highest BCUT2D eigenvalue weighted by Gasteiger charge is 2.25. The maximum atomic E-state index is 5.68. The van der Waals surface area contributed by atoms with Crippen molar-refractivity contribution in [2.45, 2.75) is 0 Å². The van der Waals surface area contributed by atoms with Gasteiger partial charge in [-0.2, -0.15) is 4.37 Å². The Kier molecular flexibility index (Phi) is 6.33. The summed E-state index contributed by atoms with van der Waals surface area (Å²) in [6.45, 7) is 0. The van der Waals surface area contributed by atoms with E-state index in [0.717, 1.165) is 21.6 Å². The first-order valence-electron chi connectivity index (χ1n) is 8.67. The van der Waals surface area contributed by atoms with E-state index < -0.39 is 0 Å². The molecule has 0 spiro atoms. The van der Waals surface area contributed by atoms with E-state index in [2.05, 4.69) is 4.37 Å². The fraction of sp³-hybridized carbons (Fsp3) is 0.286. The number of hydrogen-bond acceptors (Lipinski definition) is 8. The van der Waals surface area contributed by atoms with Crippen LogP contribution in [-0.4, -0.2) is 47.0 Å². The lowest BCUT2D eigenvalue weighted by atomic mass is 10.0. The van der Waals surface area contributed by atoms with E-state index in [1.54, 1.807) is 48.9 Å². The molecule has 0 aliphatic rings. The van der Waals surface area contributed by atoms with Crippen molar-refractivity contribution in [1.29, 1.82) is 0 Å². The van der Waals surface area contributed by atoms with Gasteiger partial charge in [-0.15, -0.1) is 0 Å². The van der Waals surface area contributed by atoms with Crippen LogP contribution in [0.5, 0.6) is 34.5 Å². The minimum Gasteiger partial charge on any atom is -0.493 e. The van der Waals surface area contributed by atoms with Gasteiger partial charge in [0.25, 0.3) is 0 Å². The molecule has 0 amide bonds. The van der Waals surface area contributed by atoms with Crippen LogP contribution >= 0.6 is 11.5 Å². The molecule has 0 unspecified atom stereocenters. The van der Waals surface area contributed by atoms with Gasteiger partial charge in [0.15, 0.2) is 23.0 Å². The highest BCUT2D eigenvalue weighted by Crippen LogP contribution is 2.52. The molecular formula is C21H23NO6S. The van der Waals surface area contributed by atoms with Crippen LogP contribution in [0.25, 0.3) is 21.6 Å². The molecule has 29 heavy (non-hydrogen) atoms. The monoisotopic (exact) mass is 417 g/mol. The second kappa shape index (κ2) is 8.91. The smallest absolute Gasteiger partial charge is 0.207 e. The minimum atomic E-state index is 0.453. The standard InChI is InChI=1S/C21H23NO6S/c1-23-15-8-7-12(9-16(15)24-2)21-14(11-22-29-21)13-10-17(25-3)19(27-5)20(28-6)18(13)26-4/h7-11H,1-6H3. The van der Waals surface area contributed by atoms with Gasteiger partial charge >= 0.3 is 0 Å². The zero-order valence-electron chi connectivity index (χ0n) is 17.2. The van der Waals surface area contributed by atoms with Crippen molar-refractivity contribution in [3.8, 4) is 56.1 Å². The first-order chi connectivity index (χ1) is 14.1. The third-order valence-corrected chi connectivity index (χ3v) is 5.34. The minimum absolute atomic E-state index is 0.453. The van der Waals surface area contributed by atoms with Crippen LogP contribution in [0.4, 0.5) is 0 Å². The zero-order valence-corrected chi connectivity index (χ0v) is 18.0. The molecule has 0 N–H and O–H groups in total. The predicted molar refractivity (Wildman–Crippen MR) is 112 cm³/mol. The van der Waals surface area contributed by atoms with Crippen molar-refractivity contribution in [1.82, 2.24) is 4.37 Å². The summed E-state index contributed by atoms with van der Waals surface area (Å²) in [6.07, 6.45) is 1.79. The molecular weight excluding hydrogens is 394 g/mol. The Hall–Kier alpha value is -3.13. The SMILES string of the molecule is COc1ccc(-c2sncc2-c2cc(OC)c(OC)c(OC)c2OC)cc1OC. The van der Waals surface area contributed by atoms with Gasteiger partial charge in [-0.3, -0.25) is 0 Å². The van der Waals surface area contributed by atoms with Crippen LogP contribution in [0.2, 0.25) is 0 Å². The molecule has 3 aromatic rings. The van der Waals surface area contributed by atoms with E-state index in [9.17, 15) is 0 Å². The fourth-order valence-corrected chi connectivity index (χ4v) is 3.91. The Bertz CT molecular complexity index is 1000. The van der Waals surface area contributed by atoms with Crippen LogP contribution in [-0.2, 0) is 0 Å². The summed E-state index contributed by atoms with van der Waals surface area (Å²) in [5.74, 6) is 3.28. The van der Waals surface area contributed by atoms with Crippen LogP contribution < -0.4 is 28.4 Å². The maximum absolute atomic E-state index is 5.68. The molecule has 1 heterocycles. The quantitative estimate of drug-likeness (QED) is 0.533. The summed E-state index contributed by atoms with van der Waals surface area (Å²) in [6, 6.07) is 7.60. The molecule has 0 radical (unpaired) electrons. The van der Waals surface area contributed by atoms with Gasteiger partial charge in [0.2, 0.25) is 11.5 Å². The topological polar surface area (TPSA) is 68.3 Å². The zero-order chi connectivity index (χ0) is 21.0. The second-order valence-electron chi connectivity index (χ2n) is 5.86. The van der Waals surface area contributed by atoms with Crippen molar-refractivity contribution in [3.63, 3.8) is 0 Å². The van der Waals surface area contributed by atoms with Gasteiger partial charge in [0, 0.05) is 17.3 Å². The first kappa shape index (κ1) is 20.6. The summed E-state index contributed by atoms with van der Waals surface area (Å²) in [5, 5.41) is 0. The Morgan fingerprint density at radius 1 is 0.621 bits per heavy atom. The van der Waals surface area contributed by atoms with Gasteiger partial charge < -0.3 is 28.4 Å². The molecule has 0 saturated heterocycles. The predicted octanol–water partition coefficient (Wildman–Crippen LogP) is 4.53. The van der Waals surface area contributed by atoms with Gasteiger partial charge in [-0.05, 0) is 41.4 Å². The van der Waals surface area contributed by atoms with E-state index in [1.807, 2.05) is 24.3 Å². The van der Waals surface area contributed by atoms with E-state index >= 15 is 0 Å². The summed E-state index contributed by atoms with van der Waals surface area (Å²) in [4.78, 5) is 0.943. The van der Waals surface area contributed by atoms with Gasteiger partial charge in [-0.1, -0.05) is 0 Å². The Morgan fingerprint density at radius 3 is 1.86 bits per heavy atom. The average molecular weight is 417 g/mol. The highest BCUT2D eigenvalue weighted by atomic mass is 32.1.